The zero-order valence-corrected chi connectivity index (χ0v) is 11.4. The fraction of sp³-hybridized carbons (Fsp3) is 0.286. The molecule has 98 valence electrons. The predicted molar refractivity (Wildman–Crippen MR) is 75.0 cm³/mol. The van der Waals surface area contributed by atoms with E-state index in [1.807, 2.05) is 0 Å². The smallest absolute Gasteiger partial charge is 0.339 e. The molecule has 1 N–H and O–H groups in total. The summed E-state index contributed by atoms with van der Waals surface area (Å²) in [4.78, 5) is 18.8. The third-order valence-electron chi connectivity index (χ3n) is 3.62. The minimum Gasteiger partial charge on any atom is -0.478 e. The molecule has 3 rings (SSSR count). The summed E-state index contributed by atoms with van der Waals surface area (Å²) < 4.78 is 0. The van der Waals surface area contributed by atoms with Crippen LogP contribution in [0.5, 0.6) is 0 Å². The molecule has 1 aliphatic heterocycles. The summed E-state index contributed by atoms with van der Waals surface area (Å²) in [7, 11) is 0. The number of anilines is 1. The summed E-state index contributed by atoms with van der Waals surface area (Å²) in [6, 6.07) is 4.13. The topological polar surface area (TPSA) is 53.4 Å². The van der Waals surface area contributed by atoms with Crippen LogP contribution in [0.4, 0.5) is 5.69 Å². The number of aromatic nitrogens is 1. The van der Waals surface area contributed by atoms with Gasteiger partial charge >= 0.3 is 5.97 Å². The van der Waals surface area contributed by atoms with Crippen LogP contribution in [0.1, 0.15) is 33.8 Å². The first-order valence-corrected chi connectivity index (χ1v) is 7.06. The third-order valence-corrected chi connectivity index (χ3v) is 4.61. The van der Waals surface area contributed by atoms with Gasteiger partial charge in [0.1, 0.15) is 5.56 Å². The van der Waals surface area contributed by atoms with Crippen molar-refractivity contribution in [3.05, 3.63) is 45.9 Å². The number of hydrogen-bond donors (Lipinski definition) is 1. The first-order chi connectivity index (χ1) is 9.18. The molecule has 1 atom stereocenters. The van der Waals surface area contributed by atoms with Gasteiger partial charge in [-0.1, -0.05) is 0 Å². The number of carboxylic acid groups (broad SMARTS) is 1. The molecule has 0 saturated heterocycles. The molecule has 0 amide bonds. The van der Waals surface area contributed by atoms with Crippen molar-refractivity contribution in [1.82, 2.24) is 4.98 Å². The number of pyridine rings is 1. The van der Waals surface area contributed by atoms with E-state index in [1.54, 1.807) is 23.6 Å². The Morgan fingerprint density at radius 2 is 2.37 bits per heavy atom. The van der Waals surface area contributed by atoms with Crippen LogP contribution in [0.15, 0.2) is 29.9 Å². The van der Waals surface area contributed by atoms with Crippen molar-refractivity contribution < 1.29 is 9.90 Å². The molecule has 2 aromatic heterocycles. The zero-order valence-electron chi connectivity index (χ0n) is 10.5. The minimum atomic E-state index is -0.925. The number of thiophene rings is 1. The van der Waals surface area contributed by atoms with Gasteiger partial charge in [0.25, 0.3) is 0 Å². The van der Waals surface area contributed by atoms with Gasteiger partial charge in [0.05, 0.1) is 11.7 Å². The van der Waals surface area contributed by atoms with E-state index < -0.39 is 5.97 Å². The van der Waals surface area contributed by atoms with Crippen molar-refractivity contribution in [3.8, 4) is 0 Å². The molecule has 0 saturated carbocycles. The monoisotopic (exact) mass is 274 g/mol. The summed E-state index contributed by atoms with van der Waals surface area (Å²) in [6.07, 6.45) is 4.05. The van der Waals surface area contributed by atoms with Crippen molar-refractivity contribution in [2.75, 3.05) is 11.4 Å². The molecule has 0 aromatic carbocycles. The van der Waals surface area contributed by atoms with Crippen LogP contribution < -0.4 is 4.90 Å². The van der Waals surface area contributed by atoms with Crippen molar-refractivity contribution in [1.29, 1.82) is 0 Å². The maximum Gasteiger partial charge on any atom is 0.339 e. The van der Waals surface area contributed by atoms with Gasteiger partial charge < -0.3 is 10.0 Å². The lowest BCUT2D eigenvalue weighted by atomic mass is 10.00. The predicted octanol–water partition coefficient (Wildman–Crippen LogP) is 2.97. The van der Waals surface area contributed by atoms with Gasteiger partial charge in [-0.05, 0) is 36.4 Å². The quantitative estimate of drug-likeness (QED) is 0.914. The summed E-state index contributed by atoms with van der Waals surface area (Å²) in [5, 5.41) is 11.4. The van der Waals surface area contributed by atoms with Crippen LogP contribution in [-0.2, 0) is 6.42 Å². The van der Waals surface area contributed by atoms with Crippen LogP contribution in [0.3, 0.4) is 0 Å². The third kappa shape index (κ3) is 2.00. The van der Waals surface area contributed by atoms with Crippen molar-refractivity contribution in [2.45, 2.75) is 19.4 Å². The fourth-order valence-electron chi connectivity index (χ4n) is 2.64. The van der Waals surface area contributed by atoms with Gasteiger partial charge in [-0.3, -0.25) is 4.98 Å². The Labute approximate surface area is 115 Å². The van der Waals surface area contributed by atoms with E-state index in [9.17, 15) is 9.90 Å². The largest absolute Gasteiger partial charge is 0.478 e. The maximum absolute atomic E-state index is 11.3. The molecule has 4 nitrogen and oxygen atoms in total. The molecule has 3 heterocycles. The number of nitrogens with zero attached hydrogens (tertiary/aromatic N) is 2. The lowest BCUT2D eigenvalue weighted by Gasteiger charge is -2.36. The number of carboxylic acids is 1. The lowest BCUT2D eigenvalue weighted by Crippen LogP contribution is -2.34. The van der Waals surface area contributed by atoms with E-state index in [-0.39, 0.29) is 11.6 Å². The first kappa shape index (κ1) is 12.2. The second kappa shape index (κ2) is 4.66. The van der Waals surface area contributed by atoms with Gasteiger partial charge in [0, 0.05) is 23.8 Å². The van der Waals surface area contributed by atoms with Crippen molar-refractivity contribution in [3.63, 3.8) is 0 Å². The van der Waals surface area contributed by atoms with E-state index in [1.165, 1.54) is 16.6 Å². The molecular weight excluding hydrogens is 260 g/mol. The van der Waals surface area contributed by atoms with Gasteiger partial charge in [-0.15, -0.1) is 11.3 Å². The average Bonchev–Trinajstić information content (AvgIpc) is 2.88. The van der Waals surface area contributed by atoms with E-state index >= 15 is 0 Å². The Morgan fingerprint density at radius 1 is 1.53 bits per heavy atom. The summed E-state index contributed by atoms with van der Waals surface area (Å²) in [5.41, 5.74) is 2.34. The highest BCUT2D eigenvalue weighted by Gasteiger charge is 2.27. The van der Waals surface area contributed by atoms with E-state index in [2.05, 4.69) is 28.3 Å². The van der Waals surface area contributed by atoms with Crippen LogP contribution in [0, 0.1) is 0 Å². The Hall–Kier alpha value is -1.88. The number of fused-ring (bicyclic) bond motifs is 1. The number of carbonyl (C=O) groups is 1. The Balaban J connectivity index is 2.03. The highest BCUT2D eigenvalue weighted by Crippen LogP contribution is 2.36. The molecule has 0 radical (unpaired) electrons. The summed E-state index contributed by atoms with van der Waals surface area (Å²) in [5.74, 6) is -0.925. The minimum absolute atomic E-state index is 0.204. The molecule has 1 aliphatic rings. The molecule has 5 heteroatoms. The molecule has 0 bridgehead atoms. The molecule has 1 unspecified atom stereocenters. The number of rotatable bonds is 2. The number of hydrogen-bond acceptors (Lipinski definition) is 4. The SMILES string of the molecule is CC1c2ccsc2CCN1c1ccncc1C(=O)O. The molecule has 0 aliphatic carbocycles. The second-order valence-electron chi connectivity index (χ2n) is 4.62. The average molecular weight is 274 g/mol. The standard InChI is InChI=1S/C14H14N2O2S/c1-9-10-4-7-19-13(10)3-6-16(9)12-2-5-15-8-11(12)14(17)18/h2,4-5,7-9H,3,6H2,1H3,(H,17,18). The van der Waals surface area contributed by atoms with Crippen molar-refractivity contribution >= 4 is 23.0 Å². The summed E-state index contributed by atoms with van der Waals surface area (Å²) >= 11 is 1.78. The van der Waals surface area contributed by atoms with E-state index in [4.69, 9.17) is 0 Å². The molecule has 0 spiro atoms. The summed E-state index contributed by atoms with van der Waals surface area (Å²) in [6.45, 7) is 2.97. The van der Waals surface area contributed by atoms with Crippen LogP contribution in [0.2, 0.25) is 0 Å². The van der Waals surface area contributed by atoms with Crippen LogP contribution in [0.25, 0.3) is 0 Å². The highest BCUT2D eigenvalue weighted by molar-refractivity contribution is 7.10. The number of aromatic carboxylic acids is 1. The van der Waals surface area contributed by atoms with Crippen LogP contribution >= 0.6 is 11.3 Å². The van der Waals surface area contributed by atoms with E-state index in [0.717, 1.165) is 18.7 Å². The van der Waals surface area contributed by atoms with Gasteiger partial charge in [-0.25, -0.2) is 4.79 Å². The second-order valence-corrected chi connectivity index (χ2v) is 5.62. The van der Waals surface area contributed by atoms with Gasteiger partial charge in [0.15, 0.2) is 0 Å². The zero-order chi connectivity index (χ0) is 13.4. The van der Waals surface area contributed by atoms with Gasteiger partial charge in [0.2, 0.25) is 0 Å². The Bertz CT molecular complexity index is 623. The molecule has 0 fully saturated rings. The first-order valence-electron chi connectivity index (χ1n) is 6.18. The van der Waals surface area contributed by atoms with E-state index in [0.29, 0.717) is 0 Å². The highest BCUT2D eigenvalue weighted by atomic mass is 32.1. The van der Waals surface area contributed by atoms with Crippen molar-refractivity contribution in [2.24, 2.45) is 0 Å². The molecular formula is C14H14N2O2S. The van der Waals surface area contributed by atoms with Gasteiger partial charge in [-0.2, -0.15) is 0 Å². The fourth-order valence-corrected chi connectivity index (χ4v) is 3.60. The molecule has 2 aromatic rings. The maximum atomic E-state index is 11.3. The lowest BCUT2D eigenvalue weighted by molar-refractivity contribution is 0.0697. The Kier molecular flexibility index (Phi) is 2.98. The van der Waals surface area contributed by atoms with Crippen LogP contribution in [-0.4, -0.2) is 22.6 Å². The Morgan fingerprint density at radius 3 is 3.16 bits per heavy atom. The normalized spacial score (nSPS) is 18.2. The molecule has 19 heavy (non-hydrogen) atoms.